The molecule has 184 valence electrons. The van der Waals surface area contributed by atoms with E-state index in [1.54, 1.807) is 0 Å². The highest BCUT2D eigenvalue weighted by Gasteiger charge is 2.44. The number of amidine groups is 1. The van der Waals surface area contributed by atoms with Crippen LogP contribution in [0.25, 0.3) is 11.9 Å². The Morgan fingerprint density at radius 3 is 2.86 bits per heavy atom. The van der Waals surface area contributed by atoms with Crippen molar-refractivity contribution < 1.29 is 23.0 Å². The minimum atomic E-state index is -1.20. The van der Waals surface area contributed by atoms with E-state index in [0.29, 0.717) is 11.3 Å². The maximum absolute atomic E-state index is 15.2. The van der Waals surface area contributed by atoms with E-state index in [0.717, 1.165) is 0 Å². The summed E-state index contributed by atoms with van der Waals surface area (Å²) in [5, 5.41) is 0.273. The van der Waals surface area contributed by atoms with Crippen LogP contribution in [0, 0.1) is 24.1 Å². The van der Waals surface area contributed by atoms with Crippen LogP contribution in [0.5, 0.6) is 5.88 Å². The lowest BCUT2D eigenvalue weighted by atomic mass is 9.78. The summed E-state index contributed by atoms with van der Waals surface area (Å²) in [6.45, 7) is 1.93. The highest BCUT2D eigenvalue weighted by molar-refractivity contribution is 8.13. The zero-order chi connectivity index (χ0) is 25.6. The summed E-state index contributed by atoms with van der Waals surface area (Å²) in [6, 6.07) is 4.17. The second kappa shape index (κ2) is 11.2. The van der Waals surface area contributed by atoms with Crippen LogP contribution in [0.3, 0.4) is 0 Å². The predicted molar refractivity (Wildman–Crippen MR) is 132 cm³/mol. The van der Waals surface area contributed by atoms with Gasteiger partial charge in [-0.3, -0.25) is 0 Å². The number of hydrogen-bond donors (Lipinski definition) is 1. The van der Waals surface area contributed by atoms with Gasteiger partial charge in [0.05, 0.1) is 26.0 Å². The number of terminal acetylenes is 1. The predicted octanol–water partition coefficient (Wildman–Crippen LogP) is 3.69. The first kappa shape index (κ1) is 26.0. The van der Waals surface area contributed by atoms with Gasteiger partial charge in [-0.2, -0.15) is 0 Å². The highest BCUT2D eigenvalue weighted by Crippen LogP contribution is 2.42. The van der Waals surface area contributed by atoms with Crippen LogP contribution in [0.1, 0.15) is 23.7 Å². The molecule has 1 aliphatic heterocycles. The molecule has 0 radical (unpaired) electrons. The minimum Gasteiger partial charge on any atom is -0.463 e. The molecule has 1 aromatic heterocycles. The van der Waals surface area contributed by atoms with E-state index < -0.39 is 23.3 Å². The van der Waals surface area contributed by atoms with Crippen molar-refractivity contribution in [2.45, 2.75) is 12.5 Å². The molecule has 0 saturated heterocycles. The number of nitrogens with zero attached hydrogens (tertiary/aromatic N) is 4. The number of amides is 1. The first-order chi connectivity index (χ1) is 16.7. The molecule has 0 aliphatic carbocycles. The molecule has 1 aromatic carbocycles. The average Bonchev–Trinajstić information content (AvgIpc) is 2.85. The van der Waals surface area contributed by atoms with Crippen LogP contribution in [-0.4, -0.2) is 59.2 Å². The zero-order valence-electron chi connectivity index (χ0n) is 19.5. The lowest BCUT2D eigenvalue weighted by Crippen LogP contribution is -2.48. The smallest absolute Gasteiger partial charge is 0.409 e. The largest absolute Gasteiger partial charge is 0.463 e. The third kappa shape index (κ3) is 5.89. The van der Waals surface area contributed by atoms with Crippen molar-refractivity contribution in [1.29, 1.82) is 0 Å². The van der Waals surface area contributed by atoms with Crippen molar-refractivity contribution in [2.24, 2.45) is 16.6 Å². The van der Waals surface area contributed by atoms with Gasteiger partial charge in [0.1, 0.15) is 17.1 Å². The molecule has 0 unspecified atom stereocenters. The standard InChI is InChI=1S/C24H25F2N5O3S/c1-5-8-34-21-12-28-20(11-29-21)19(26)10-16-6-7-18(25)17(9-16)24(14-31(3)23(32)33-4)15(2)13-35-22(27)30-24/h1,6-7,9-12,15H,8,13-14H2,2-4H3,(H2,27,30)/b19-10-/t15-,24-/m0/s1. The number of carbonyl (C=O) groups is 1. The number of ether oxygens (including phenoxy) is 2. The fourth-order valence-corrected chi connectivity index (χ4v) is 4.61. The van der Waals surface area contributed by atoms with E-state index in [4.69, 9.17) is 21.6 Å². The quantitative estimate of drug-likeness (QED) is 0.577. The van der Waals surface area contributed by atoms with Gasteiger partial charge in [-0.1, -0.05) is 30.7 Å². The Hall–Kier alpha value is -3.65. The van der Waals surface area contributed by atoms with E-state index in [1.807, 2.05) is 6.92 Å². The minimum absolute atomic E-state index is 0.0132. The number of nitrogens with two attached hydrogens (primary N) is 1. The SMILES string of the molecule is C#CCOc1cnc(/C(F)=C/c2ccc(F)c([C@@]3(CN(C)C(=O)OC)N=C(N)SC[C@@H]3C)c2)cn1. The number of benzene rings is 1. The van der Waals surface area contributed by atoms with Crippen LogP contribution in [-0.2, 0) is 10.3 Å². The van der Waals surface area contributed by atoms with Gasteiger partial charge >= 0.3 is 6.09 Å². The number of hydrogen-bond acceptors (Lipinski definition) is 8. The Morgan fingerprint density at radius 2 is 2.20 bits per heavy atom. The van der Waals surface area contributed by atoms with Gasteiger partial charge in [0.2, 0.25) is 5.88 Å². The average molecular weight is 502 g/mol. The molecule has 3 rings (SSSR count). The van der Waals surface area contributed by atoms with Gasteiger partial charge in [-0.15, -0.1) is 6.42 Å². The van der Waals surface area contributed by atoms with Crippen LogP contribution in [0.2, 0.25) is 0 Å². The highest BCUT2D eigenvalue weighted by atomic mass is 32.2. The summed E-state index contributed by atoms with van der Waals surface area (Å²) in [7, 11) is 2.79. The van der Waals surface area contributed by atoms with Crippen LogP contribution < -0.4 is 10.5 Å². The number of aliphatic imine (C=N–C) groups is 1. The second-order valence-corrected chi connectivity index (χ2v) is 8.92. The molecular weight excluding hydrogens is 476 g/mol. The fourth-order valence-electron chi connectivity index (χ4n) is 3.69. The normalized spacial score (nSPS) is 19.9. The summed E-state index contributed by atoms with van der Waals surface area (Å²) in [4.78, 5) is 26.0. The monoisotopic (exact) mass is 501 g/mol. The topological polar surface area (TPSA) is 103 Å². The van der Waals surface area contributed by atoms with E-state index >= 15 is 4.39 Å². The molecule has 0 saturated carbocycles. The molecule has 8 nitrogen and oxygen atoms in total. The summed E-state index contributed by atoms with van der Waals surface area (Å²) in [5.74, 6) is 1.59. The molecule has 2 heterocycles. The van der Waals surface area contributed by atoms with Gasteiger partial charge in [-0.05, 0) is 29.7 Å². The molecule has 0 fully saturated rings. The van der Waals surface area contributed by atoms with Gasteiger partial charge < -0.3 is 20.1 Å². The van der Waals surface area contributed by atoms with Crippen molar-refractivity contribution in [3.05, 3.63) is 53.2 Å². The van der Waals surface area contributed by atoms with Gasteiger partial charge in [0.15, 0.2) is 17.6 Å². The van der Waals surface area contributed by atoms with Crippen molar-refractivity contribution in [1.82, 2.24) is 14.9 Å². The second-order valence-electron chi connectivity index (χ2n) is 7.88. The molecule has 0 bridgehead atoms. The lowest BCUT2D eigenvalue weighted by molar-refractivity contribution is 0.116. The number of thioether (sulfide) groups is 1. The van der Waals surface area contributed by atoms with Crippen molar-refractivity contribution in [2.75, 3.05) is 33.1 Å². The first-order valence-electron chi connectivity index (χ1n) is 10.5. The summed E-state index contributed by atoms with van der Waals surface area (Å²) in [6.07, 6.45) is 8.21. The number of aromatic nitrogens is 2. The summed E-state index contributed by atoms with van der Waals surface area (Å²) in [5.41, 5.74) is 5.36. The number of rotatable bonds is 7. The van der Waals surface area contributed by atoms with E-state index in [1.165, 1.54) is 67.5 Å². The number of methoxy groups -OCH3 is 1. The van der Waals surface area contributed by atoms with Gasteiger partial charge in [0, 0.05) is 18.4 Å². The maximum Gasteiger partial charge on any atom is 0.409 e. The van der Waals surface area contributed by atoms with Crippen LogP contribution in [0.15, 0.2) is 35.6 Å². The third-order valence-electron chi connectivity index (χ3n) is 5.50. The molecular formula is C24H25F2N5O3S. The first-order valence-corrected chi connectivity index (χ1v) is 11.5. The maximum atomic E-state index is 15.2. The number of carbonyl (C=O) groups excluding carboxylic acids is 1. The number of halogens is 2. The lowest BCUT2D eigenvalue weighted by Gasteiger charge is -2.41. The van der Waals surface area contributed by atoms with Crippen LogP contribution in [0.4, 0.5) is 13.6 Å². The number of likely N-dealkylation sites (N-methyl/N-ethyl adjacent to an activating group) is 1. The third-order valence-corrected chi connectivity index (χ3v) is 6.55. The summed E-state index contributed by atoms with van der Waals surface area (Å²) >= 11 is 1.35. The Kier molecular flexibility index (Phi) is 8.30. The molecule has 0 spiro atoms. The molecule has 2 atom stereocenters. The molecule has 1 aliphatic rings. The molecule has 2 aromatic rings. The molecule has 2 N–H and O–H groups in total. The molecule has 11 heteroatoms. The Labute approximate surface area is 206 Å². The van der Waals surface area contributed by atoms with E-state index in [2.05, 4.69) is 20.9 Å². The van der Waals surface area contributed by atoms with Crippen molar-refractivity contribution in [3.8, 4) is 18.2 Å². The van der Waals surface area contributed by atoms with Crippen molar-refractivity contribution in [3.63, 3.8) is 0 Å². The van der Waals surface area contributed by atoms with Crippen molar-refractivity contribution >= 4 is 34.9 Å². The Morgan fingerprint density at radius 1 is 1.43 bits per heavy atom. The van der Waals surface area contributed by atoms with E-state index in [9.17, 15) is 9.18 Å². The Bertz CT molecular complexity index is 1180. The van der Waals surface area contributed by atoms with E-state index in [-0.39, 0.29) is 41.4 Å². The van der Waals surface area contributed by atoms with Gasteiger partial charge in [-0.25, -0.2) is 28.5 Å². The fraction of sp³-hybridized carbons (Fsp3) is 0.333. The summed E-state index contributed by atoms with van der Waals surface area (Å²) < 4.78 is 40.1. The Balaban J connectivity index is 2.01. The zero-order valence-corrected chi connectivity index (χ0v) is 20.3. The molecule has 35 heavy (non-hydrogen) atoms. The van der Waals surface area contributed by atoms with Crippen LogP contribution >= 0.6 is 11.8 Å². The van der Waals surface area contributed by atoms with Gasteiger partial charge in [0.25, 0.3) is 0 Å². The molecule has 1 amide bonds.